The number of esters is 1. The lowest BCUT2D eigenvalue weighted by Gasteiger charge is -2.30. The first kappa shape index (κ1) is 66.9. The number of hydrogen-bond acceptors (Lipinski definition) is 7. The van der Waals surface area contributed by atoms with Gasteiger partial charge in [-0.05, 0) is 102 Å². The zero-order valence-corrected chi connectivity index (χ0v) is 46.6. The fourth-order valence-corrected chi connectivity index (χ4v) is 8.19. The second kappa shape index (κ2) is 49.5. The third-order valence-corrected chi connectivity index (χ3v) is 12.7. The third kappa shape index (κ3) is 49.9. The Morgan fingerprint density at radius 1 is 0.514 bits per heavy atom. The molecule has 3 atom stereocenters. The Labute approximate surface area is 430 Å². The van der Waals surface area contributed by atoms with E-state index in [-0.39, 0.29) is 24.9 Å². The van der Waals surface area contributed by atoms with Crippen molar-refractivity contribution in [2.24, 2.45) is 0 Å². The van der Waals surface area contributed by atoms with Crippen molar-refractivity contribution in [1.29, 1.82) is 0 Å². The summed E-state index contributed by atoms with van der Waals surface area (Å²) in [6.45, 7) is 6.56. The highest BCUT2D eigenvalue weighted by Gasteiger charge is 2.27. The molecule has 0 fully saturated rings. The molecule has 402 valence electrons. The summed E-state index contributed by atoms with van der Waals surface area (Å²) >= 11 is 0. The Balaban J connectivity index is 5.40. The maximum atomic E-state index is 13.5. The number of allylic oxidation sites excluding steroid dienone is 15. The summed E-state index contributed by atoms with van der Waals surface area (Å²) in [5, 5.41) is 3.00. The van der Waals surface area contributed by atoms with Gasteiger partial charge in [0.25, 0.3) is 7.82 Å². The SMILES string of the molecule is CC/C=C\C/C=C\C/C=C\C/C=C\C/C=C\CCCCCC(=O)OC(/C=C/CCCCCCCCCCC)C(COP(=O)([O-])OCC[N+](C)(C)C)NC(=O)CCCCCCCCC/C=C/C/C=C/CC. The molecule has 0 heterocycles. The van der Waals surface area contributed by atoms with E-state index in [0.717, 1.165) is 116 Å². The molecule has 0 bridgehead atoms. The van der Waals surface area contributed by atoms with E-state index in [1.807, 2.05) is 33.3 Å². The Morgan fingerprint density at radius 3 is 1.39 bits per heavy atom. The lowest BCUT2D eigenvalue weighted by atomic mass is 10.1. The van der Waals surface area contributed by atoms with Gasteiger partial charge in [0.1, 0.15) is 19.3 Å². The van der Waals surface area contributed by atoms with Gasteiger partial charge in [-0.3, -0.25) is 14.2 Å². The highest BCUT2D eigenvalue weighted by atomic mass is 31.2. The monoisotopic (exact) mass is 997 g/mol. The lowest BCUT2D eigenvalue weighted by molar-refractivity contribution is -0.870. The van der Waals surface area contributed by atoms with Gasteiger partial charge in [0.05, 0.1) is 33.8 Å². The molecule has 0 aliphatic rings. The molecule has 70 heavy (non-hydrogen) atoms. The number of amides is 1. The molecule has 1 N–H and O–H groups in total. The molecule has 0 aromatic rings. The van der Waals surface area contributed by atoms with E-state index >= 15 is 0 Å². The topological polar surface area (TPSA) is 114 Å². The fourth-order valence-electron chi connectivity index (χ4n) is 7.47. The predicted octanol–water partition coefficient (Wildman–Crippen LogP) is 16.2. The van der Waals surface area contributed by atoms with Crippen LogP contribution in [0.1, 0.15) is 220 Å². The van der Waals surface area contributed by atoms with E-state index in [2.05, 4.69) is 111 Å². The quantitative estimate of drug-likeness (QED) is 0.0212. The molecule has 9 nitrogen and oxygen atoms in total. The Bertz CT molecular complexity index is 1520. The molecule has 0 saturated heterocycles. The van der Waals surface area contributed by atoms with Gasteiger partial charge in [0, 0.05) is 12.8 Å². The molecule has 0 radical (unpaired) electrons. The van der Waals surface area contributed by atoms with Crippen LogP contribution in [0, 0.1) is 0 Å². The predicted molar refractivity (Wildman–Crippen MR) is 297 cm³/mol. The van der Waals surface area contributed by atoms with Gasteiger partial charge in [-0.1, -0.05) is 202 Å². The standard InChI is InChI=1S/C60H105N2O7P/c1-7-10-13-16-19-22-25-27-29-30-31-32-33-35-38-41-44-47-50-53-60(64)69-58(51-48-45-42-39-36-24-21-18-15-12-9-3)57(56-68-70(65,66)67-55-54-62(4,5)6)61-59(63)52-49-46-43-40-37-34-28-26-23-20-17-14-11-8-2/h10-11,13-14,19-20,22-23,27,29,31-32,35,38,48,51,57-58H,7-9,12,15-18,21,24-26,28,30,33-34,36-37,39-47,49-50,52-56H2,1-6H3,(H-,61,63,65,66)/b13-10-,14-11+,22-19-,23-20+,29-27-,32-31-,38-35-,51-48+. The first-order chi connectivity index (χ1) is 33.9. The lowest BCUT2D eigenvalue weighted by Crippen LogP contribution is -2.47. The molecular weight excluding hydrogens is 892 g/mol. The third-order valence-electron chi connectivity index (χ3n) is 11.8. The fraction of sp³-hybridized carbons (Fsp3) is 0.700. The van der Waals surface area contributed by atoms with E-state index in [9.17, 15) is 19.0 Å². The van der Waals surface area contributed by atoms with Gasteiger partial charge in [-0.15, -0.1) is 0 Å². The van der Waals surface area contributed by atoms with Crippen LogP contribution in [-0.4, -0.2) is 69.4 Å². The van der Waals surface area contributed by atoms with Crippen molar-refractivity contribution in [2.75, 3.05) is 40.9 Å². The van der Waals surface area contributed by atoms with Crippen LogP contribution >= 0.6 is 7.82 Å². The molecule has 0 spiro atoms. The Morgan fingerprint density at radius 2 is 0.914 bits per heavy atom. The minimum absolute atomic E-state index is 0.0343. The van der Waals surface area contributed by atoms with Crippen LogP contribution in [0.5, 0.6) is 0 Å². The van der Waals surface area contributed by atoms with Crippen LogP contribution in [0.4, 0.5) is 0 Å². The summed E-state index contributed by atoms with van der Waals surface area (Å²) in [6, 6.07) is -0.910. The van der Waals surface area contributed by atoms with Gasteiger partial charge >= 0.3 is 5.97 Å². The van der Waals surface area contributed by atoms with E-state index in [0.29, 0.717) is 23.9 Å². The van der Waals surface area contributed by atoms with Crippen molar-refractivity contribution in [3.8, 4) is 0 Å². The first-order valence-electron chi connectivity index (χ1n) is 28.0. The van der Waals surface area contributed by atoms with E-state index in [1.165, 1.54) is 64.2 Å². The highest BCUT2D eigenvalue weighted by Crippen LogP contribution is 2.38. The summed E-state index contributed by atoms with van der Waals surface area (Å²) in [6.07, 6.45) is 65.2. The van der Waals surface area contributed by atoms with Crippen molar-refractivity contribution in [2.45, 2.75) is 232 Å². The Hall–Kier alpha value is -3.07. The van der Waals surface area contributed by atoms with Crippen molar-refractivity contribution in [3.05, 3.63) is 97.2 Å². The summed E-state index contributed by atoms with van der Waals surface area (Å²) in [5.74, 6) is -0.596. The highest BCUT2D eigenvalue weighted by molar-refractivity contribution is 7.45. The zero-order chi connectivity index (χ0) is 51.5. The number of carbonyl (C=O) groups is 2. The molecule has 0 saturated carbocycles. The van der Waals surface area contributed by atoms with Crippen molar-refractivity contribution in [3.63, 3.8) is 0 Å². The number of rotatable bonds is 49. The number of quaternary nitrogens is 1. The van der Waals surface area contributed by atoms with E-state index in [4.69, 9.17) is 13.8 Å². The second-order valence-corrected chi connectivity index (χ2v) is 21.1. The largest absolute Gasteiger partial charge is 0.756 e. The Kier molecular flexibility index (Phi) is 47.3. The number of phosphoric acid groups is 1. The van der Waals surface area contributed by atoms with Gasteiger partial charge in [0.2, 0.25) is 5.91 Å². The summed E-state index contributed by atoms with van der Waals surface area (Å²) in [7, 11) is 1.14. The number of unbranched alkanes of at least 4 members (excludes halogenated alkanes) is 19. The van der Waals surface area contributed by atoms with Gasteiger partial charge in [0.15, 0.2) is 0 Å². The van der Waals surface area contributed by atoms with Crippen LogP contribution in [0.15, 0.2) is 97.2 Å². The molecule has 0 aromatic heterocycles. The number of phosphoric ester groups is 1. The van der Waals surface area contributed by atoms with Gasteiger partial charge in [-0.2, -0.15) is 0 Å². The maximum Gasteiger partial charge on any atom is 0.306 e. The van der Waals surface area contributed by atoms with Gasteiger partial charge < -0.3 is 28.5 Å². The summed E-state index contributed by atoms with van der Waals surface area (Å²) in [5.41, 5.74) is 0. The average Bonchev–Trinajstić information content (AvgIpc) is 3.32. The summed E-state index contributed by atoms with van der Waals surface area (Å²) in [4.78, 5) is 39.8. The summed E-state index contributed by atoms with van der Waals surface area (Å²) < 4.78 is 30.2. The van der Waals surface area contributed by atoms with Crippen LogP contribution in [0.2, 0.25) is 0 Å². The van der Waals surface area contributed by atoms with Crippen LogP contribution in [0.25, 0.3) is 0 Å². The molecule has 10 heteroatoms. The van der Waals surface area contributed by atoms with Crippen LogP contribution < -0.4 is 10.2 Å². The smallest absolute Gasteiger partial charge is 0.306 e. The zero-order valence-electron chi connectivity index (χ0n) is 45.7. The maximum absolute atomic E-state index is 13.5. The van der Waals surface area contributed by atoms with Gasteiger partial charge in [-0.25, -0.2) is 0 Å². The molecule has 0 aliphatic carbocycles. The number of nitrogens with one attached hydrogen (secondary N) is 1. The van der Waals surface area contributed by atoms with E-state index in [1.54, 1.807) is 0 Å². The number of nitrogens with zero attached hydrogens (tertiary/aromatic N) is 1. The second-order valence-electron chi connectivity index (χ2n) is 19.7. The number of carbonyl (C=O) groups excluding carboxylic acids is 2. The van der Waals surface area contributed by atoms with Crippen molar-refractivity contribution >= 4 is 19.7 Å². The molecule has 3 unspecified atom stereocenters. The molecule has 0 rings (SSSR count). The minimum atomic E-state index is -4.71. The molecule has 0 aliphatic heterocycles. The molecule has 0 aromatic carbocycles. The van der Waals surface area contributed by atoms with Crippen molar-refractivity contribution in [1.82, 2.24) is 5.32 Å². The number of ether oxygens (including phenoxy) is 1. The minimum Gasteiger partial charge on any atom is -0.756 e. The average molecular weight is 997 g/mol. The van der Waals surface area contributed by atoms with Crippen LogP contribution in [0.3, 0.4) is 0 Å². The van der Waals surface area contributed by atoms with E-state index < -0.39 is 26.6 Å². The molecule has 1 amide bonds. The normalized spacial score (nSPS) is 14.6. The first-order valence-corrected chi connectivity index (χ1v) is 29.5. The molecular formula is C60H105N2O7P. The van der Waals surface area contributed by atoms with Crippen molar-refractivity contribution < 1.29 is 37.3 Å². The van der Waals surface area contributed by atoms with Crippen LogP contribution in [-0.2, 0) is 27.9 Å². The number of hydrogen-bond donors (Lipinski definition) is 1. The number of likely N-dealkylation sites (N-methyl/N-ethyl adjacent to an activating group) is 1.